The van der Waals surface area contributed by atoms with Crippen LogP contribution in [0.25, 0.3) is 0 Å². The zero-order chi connectivity index (χ0) is 12.3. The Bertz CT molecular complexity index is 338. The molecule has 4 nitrogen and oxygen atoms in total. The van der Waals surface area contributed by atoms with Crippen LogP contribution < -0.4 is 5.73 Å². The number of amides is 2. The van der Waals surface area contributed by atoms with Crippen LogP contribution in [0.4, 0.5) is 0 Å². The fourth-order valence-corrected chi connectivity index (χ4v) is 2.65. The Morgan fingerprint density at radius 1 is 1.35 bits per heavy atom. The first-order valence-electron chi connectivity index (χ1n) is 6.40. The quantitative estimate of drug-likeness (QED) is 0.745. The van der Waals surface area contributed by atoms with E-state index in [4.69, 9.17) is 5.73 Å². The van der Waals surface area contributed by atoms with E-state index in [-0.39, 0.29) is 17.7 Å². The molecule has 94 valence electrons. The molecule has 1 fully saturated rings. The molecule has 1 aliphatic carbocycles. The van der Waals surface area contributed by atoms with E-state index < -0.39 is 0 Å². The molecule has 2 atom stereocenters. The molecule has 0 aromatic heterocycles. The summed E-state index contributed by atoms with van der Waals surface area (Å²) >= 11 is 0. The highest BCUT2D eigenvalue weighted by molar-refractivity contribution is 5.80. The molecule has 4 heteroatoms. The number of hydrogen-bond donors (Lipinski definition) is 1. The van der Waals surface area contributed by atoms with E-state index in [1.165, 1.54) is 0 Å². The summed E-state index contributed by atoms with van der Waals surface area (Å²) in [6, 6.07) is 0. The molecule has 2 amide bonds. The smallest absolute Gasteiger partial charge is 0.223 e. The van der Waals surface area contributed by atoms with E-state index in [9.17, 15) is 9.59 Å². The van der Waals surface area contributed by atoms with E-state index in [1.54, 1.807) is 0 Å². The fourth-order valence-electron chi connectivity index (χ4n) is 2.65. The van der Waals surface area contributed by atoms with Gasteiger partial charge in [0, 0.05) is 19.5 Å². The van der Waals surface area contributed by atoms with Gasteiger partial charge in [0.1, 0.15) is 0 Å². The minimum absolute atomic E-state index is 0.146. The highest BCUT2D eigenvalue weighted by Crippen LogP contribution is 2.23. The lowest BCUT2D eigenvalue weighted by atomic mass is 9.96. The van der Waals surface area contributed by atoms with E-state index in [0.29, 0.717) is 18.9 Å². The van der Waals surface area contributed by atoms with Gasteiger partial charge in [0.25, 0.3) is 0 Å². The second-order valence-corrected chi connectivity index (χ2v) is 5.05. The summed E-state index contributed by atoms with van der Waals surface area (Å²) in [5.74, 6) is 0.152. The summed E-state index contributed by atoms with van der Waals surface area (Å²) < 4.78 is 0. The molecule has 2 rings (SSSR count). The summed E-state index contributed by atoms with van der Waals surface area (Å²) in [5, 5.41) is 0. The minimum atomic E-state index is -0.275. The maximum absolute atomic E-state index is 12.1. The summed E-state index contributed by atoms with van der Waals surface area (Å²) in [6.07, 6.45) is 8.73. The average Bonchev–Trinajstić information content (AvgIpc) is 2.82. The summed E-state index contributed by atoms with van der Waals surface area (Å²) in [6.45, 7) is 1.30. The minimum Gasteiger partial charge on any atom is -0.369 e. The lowest BCUT2D eigenvalue weighted by molar-refractivity contribution is -0.135. The van der Waals surface area contributed by atoms with Gasteiger partial charge in [-0.1, -0.05) is 12.2 Å². The molecule has 2 unspecified atom stereocenters. The lowest BCUT2D eigenvalue weighted by Gasteiger charge is -2.31. The Hall–Kier alpha value is -1.32. The summed E-state index contributed by atoms with van der Waals surface area (Å²) in [4.78, 5) is 25.0. The van der Waals surface area contributed by atoms with E-state index in [2.05, 4.69) is 12.2 Å². The maximum Gasteiger partial charge on any atom is 0.223 e. The second-order valence-electron chi connectivity index (χ2n) is 5.05. The van der Waals surface area contributed by atoms with Crippen LogP contribution in [0.15, 0.2) is 12.2 Å². The Labute approximate surface area is 102 Å². The molecule has 0 aromatic rings. The van der Waals surface area contributed by atoms with Crippen LogP contribution >= 0.6 is 0 Å². The molecule has 0 radical (unpaired) electrons. The van der Waals surface area contributed by atoms with Gasteiger partial charge in [-0.15, -0.1) is 0 Å². The molecule has 1 heterocycles. The third-order valence-electron chi connectivity index (χ3n) is 3.73. The first-order valence-corrected chi connectivity index (χ1v) is 6.40. The fraction of sp³-hybridized carbons (Fsp3) is 0.692. The van der Waals surface area contributed by atoms with Gasteiger partial charge in [0.05, 0.1) is 5.92 Å². The lowest BCUT2D eigenvalue weighted by Crippen LogP contribution is -2.44. The monoisotopic (exact) mass is 236 g/mol. The van der Waals surface area contributed by atoms with Gasteiger partial charge in [-0.05, 0) is 31.6 Å². The van der Waals surface area contributed by atoms with Gasteiger partial charge in [0.2, 0.25) is 11.8 Å². The van der Waals surface area contributed by atoms with Gasteiger partial charge in [-0.2, -0.15) is 0 Å². The van der Waals surface area contributed by atoms with Crippen molar-refractivity contribution in [2.24, 2.45) is 17.6 Å². The van der Waals surface area contributed by atoms with Gasteiger partial charge >= 0.3 is 0 Å². The zero-order valence-electron chi connectivity index (χ0n) is 10.1. The largest absolute Gasteiger partial charge is 0.369 e. The number of allylic oxidation sites excluding steroid dienone is 2. The van der Waals surface area contributed by atoms with Crippen molar-refractivity contribution in [2.75, 3.05) is 13.1 Å². The predicted octanol–water partition coefficient (Wildman–Crippen LogP) is 1.07. The number of nitrogens with zero attached hydrogens (tertiary/aromatic N) is 1. The Balaban J connectivity index is 1.85. The predicted molar refractivity (Wildman–Crippen MR) is 65.0 cm³/mol. The van der Waals surface area contributed by atoms with Gasteiger partial charge in [-0.3, -0.25) is 9.59 Å². The van der Waals surface area contributed by atoms with E-state index in [1.807, 2.05) is 4.90 Å². The molecule has 2 aliphatic rings. The van der Waals surface area contributed by atoms with Gasteiger partial charge < -0.3 is 10.6 Å². The number of rotatable bonds is 3. The van der Waals surface area contributed by atoms with Crippen molar-refractivity contribution in [1.29, 1.82) is 0 Å². The van der Waals surface area contributed by atoms with Crippen LogP contribution in [0.1, 0.15) is 32.1 Å². The van der Waals surface area contributed by atoms with Crippen LogP contribution in [0, 0.1) is 11.8 Å². The van der Waals surface area contributed by atoms with Crippen molar-refractivity contribution >= 4 is 11.8 Å². The molecule has 17 heavy (non-hydrogen) atoms. The maximum atomic E-state index is 12.1. The highest BCUT2D eigenvalue weighted by Gasteiger charge is 2.27. The molecule has 1 aliphatic heterocycles. The van der Waals surface area contributed by atoms with Crippen LogP contribution in [-0.4, -0.2) is 29.8 Å². The Morgan fingerprint density at radius 3 is 2.82 bits per heavy atom. The third-order valence-corrected chi connectivity index (χ3v) is 3.73. The average molecular weight is 236 g/mol. The number of carbonyl (C=O) groups excluding carboxylic acids is 2. The van der Waals surface area contributed by atoms with Crippen LogP contribution in [0.2, 0.25) is 0 Å². The van der Waals surface area contributed by atoms with Gasteiger partial charge in [0.15, 0.2) is 0 Å². The Kier molecular flexibility index (Phi) is 3.82. The molecule has 0 aromatic carbocycles. The highest BCUT2D eigenvalue weighted by atomic mass is 16.2. The third kappa shape index (κ3) is 3.08. The first kappa shape index (κ1) is 12.1. The van der Waals surface area contributed by atoms with Crippen LogP contribution in [-0.2, 0) is 9.59 Å². The molecule has 0 saturated carbocycles. The van der Waals surface area contributed by atoms with Gasteiger partial charge in [-0.25, -0.2) is 0 Å². The second kappa shape index (κ2) is 5.34. The van der Waals surface area contributed by atoms with Crippen molar-refractivity contribution in [3.05, 3.63) is 12.2 Å². The zero-order valence-corrected chi connectivity index (χ0v) is 10.1. The molecular formula is C13H20N2O2. The summed E-state index contributed by atoms with van der Waals surface area (Å²) in [5.41, 5.74) is 5.31. The number of piperidine rings is 1. The topological polar surface area (TPSA) is 63.4 Å². The van der Waals surface area contributed by atoms with Crippen molar-refractivity contribution in [3.8, 4) is 0 Å². The number of carbonyl (C=O) groups is 2. The van der Waals surface area contributed by atoms with Crippen molar-refractivity contribution in [1.82, 2.24) is 4.90 Å². The summed E-state index contributed by atoms with van der Waals surface area (Å²) in [7, 11) is 0. The number of likely N-dealkylation sites (tertiary alicyclic amines) is 1. The number of nitrogens with two attached hydrogens (primary N) is 1. The van der Waals surface area contributed by atoms with Crippen molar-refractivity contribution in [3.63, 3.8) is 0 Å². The standard InChI is InChI=1S/C13H20N2O2/c14-13(17)11-6-3-7-15(9-11)12(16)8-10-4-1-2-5-10/h1,4,10-11H,2-3,5-9H2,(H2,14,17). The molecule has 0 bridgehead atoms. The van der Waals surface area contributed by atoms with Crippen molar-refractivity contribution < 1.29 is 9.59 Å². The number of hydrogen-bond acceptors (Lipinski definition) is 2. The van der Waals surface area contributed by atoms with E-state index >= 15 is 0 Å². The number of primary amides is 1. The van der Waals surface area contributed by atoms with Crippen LogP contribution in [0.5, 0.6) is 0 Å². The van der Waals surface area contributed by atoms with E-state index in [0.717, 1.165) is 32.2 Å². The molecule has 1 saturated heterocycles. The molecule has 0 spiro atoms. The Morgan fingerprint density at radius 2 is 2.18 bits per heavy atom. The molecule has 2 N–H and O–H groups in total. The van der Waals surface area contributed by atoms with Crippen molar-refractivity contribution in [2.45, 2.75) is 32.1 Å². The van der Waals surface area contributed by atoms with Crippen LogP contribution in [0.3, 0.4) is 0 Å². The first-order chi connectivity index (χ1) is 8.16. The normalized spacial score (nSPS) is 28.4. The molecular weight excluding hydrogens is 216 g/mol. The SMILES string of the molecule is NC(=O)C1CCCN(C(=O)CC2C=CCC2)C1.